The Labute approximate surface area is 376 Å². The monoisotopic (exact) mass is 914 g/mol. The lowest BCUT2D eigenvalue weighted by atomic mass is 10.3. The minimum atomic E-state index is -0.635. The van der Waals surface area contributed by atoms with Gasteiger partial charge in [0.15, 0.2) is 17.5 Å². The Morgan fingerprint density at radius 3 is 1.39 bits per heavy atom. The molecule has 26 nitrogen and oxygen atoms in total. The van der Waals surface area contributed by atoms with Gasteiger partial charge in [-0.05, 0) is 12.1 Å². The fourth-order valence-corrected chi connectivity index (χ4v) is 6.18. The van der Waals surface area contributed by atoms with Crippen molar-refractivity contribution in [3.63, 3.8) is 0 Å². The first kappa shape index (κ1) is 48.5. The van der Waals surface area contributed by atoms with E-state index < -0.39 is 47.3 Å². The van der Waals surface area contributed by atoms with E-state index in [0.717, 1.165) is 0 Å². The van der Waals surface area contributed by atoms with Crippen LogP contribution >= 0.6 is 0 Å². The number of imidazole rings is 3. The highest BCUT2D eigenvalue weighted by Crippen LogP contribution is 2.17. The Morgan fingerprint density at radius 2 is 0.924 bits per heavy atom. The van der Waals surface area contributed by atoms with E-state index >= 15 is 0 Å². The van der Waals surface area contributed by atoms with E-state index in [1.807, 2.05) is 0 Å². The maximum absolute atomic E-state index is 13.2. The van der Waals surface area contributed by atoms with Crippen LogP contribution in [0.15, 0.2) is 49.3 Å². The van der Waals surface area contributed by atoms with Crippen molar-refractivity contribution in [1.29, 1.82) is 0 Å². The molecule has 0 aliphatic heterocycles. The molecular weight excluding hydrogens is 865 g/mol. The van der Waals surface area contributed by atoms with Gasteiger partial charge in [-0.25, -0.2) is 15.0 Å². The van der Waals surface area contributed by atoms with Crippen LogP contribution in [0.4, 0.5) is 23.0 Å². The molecule has 0 atom stereocenters. The van der Waals surface area contributed by atoms with Gasteiger partial charge in [-0.1, -0.05) is 0 Å². The largest absolute Gasteiger partial charge is 0.469 e. The molecule has 0 unspecified atom stereocenters. The topological polar surface area (TPSA) is 322 Å². The SMILES string of the molecule is COC(=O)CCNC(=O)CCNC(=O)c1nc(NC(=O)CCNC(=O)c2cc(NC(=O)c3nc(NC(=O)CCNC(=O)c4cc(NC(=O)c5nccn5C)cn4C)cn3C)cn2C)cn1C. The lowest BCUT2D eigenvalue weighted by molar-refractivity contribution is -0.140. The molecule has 8 N–H and O–H groups in total. The third-order valence-corrected chi connectivity index (χ3v) is 9.50. The molecule has 0 saturated heterocycles. The van der Waals surface area contributed by atoms with Crippen molar-refractivity contribution in [2.45, 2.75) is 25.7 Å². The third-order valence-electron chi connectivity index (χ3n) is 9.50. The van der Waals surface area contributed by atoms with Crippen LogP contribution in [0.1, 0.15) is 78.5 Å². The average Bonchev–Trinajstić information content (AvgIpc) is 4.09. The predicted molar refractivity (Wildman–Crippen MR) is 234 cm³/mol. The van der Waals surface area contributed by atoms with Crippen molar-refractivity contribution in [1.82, 2.24) is 59.1 Å². The second-order valence-corrected chi connectivity index (χ2v) is 14.6. The zero-order chi connectivity index (χ0) is 48.1. The summed E-state index contributed by atoms with van der Waals surface area (Å²) >= 11 is 0. The highest BCUT2D eigenvalue weighted by Gasteiger charge is 2.21. The number of aryl methyl sites for hydroxylation is 5. The van der Waals surface area contributed by atoms with E-state index in [1.165, 1.54) is 62.3 Å². The van der Waals surface area contributed by atoms with Gasteiger partial charge in [0.25, 0.3) is 29.5 Å². The van der Waals surface area contributed by atoms with Gasteiger partial charge in [0.05, 0.1) is 24.9 Å². The number of aromatic nitrogens is 8. The lowest BCUT2D eigenvalue weighted by Gasteiger charge is -2.06. The van der Waals surface area contributed by atoms with E-state index in [9.17, 15) is 43.2 Å². The van der Waals surface area contributed by atoms with Gasteiger partial charge in [-0.15, -0.1) is 0 Å². The molecule has 0 spiro atoms. The number of ether oxygens (including phenoxy) is 1. The van der Waals surface area contributed by atoms with Crippen molar-refractivity contribution in [3.8, 4) is 0 Å². The summed E-state index contributed by atoms with van der Waals surface area (Å²) in [6.45, 7) is 0.0261. The van der Waals surface area contributed by atoms with Gasteiger partial charge >= 0.3 is 5.97 Å². The van der Waals surface area contributed by atoms with Gasteiger partial charge in [-0.2, -0.15) is 0 Å². The van der Waals surface area contributed by atoms with Crippen molar-refractivity contribution in [2.75, 3.05) is 54.6 Å². The highest BCUT2D eigenvalue weighted by molar-refractivity contribution is 6.04. The van der Waals surface area contributed by atoms with Gasteiger partial charge in [0.1, 0.15) is 11.4 Å². The Hall–Kier alpha value is -8.58. The zero-order valence-electron chi connectivity index (χ0n) is 36.9. The second-order valence-electron chi connectivity index (χ2n) is 14.6. The van der Waals surface area contributed by atoms with Crippen LogP contribution in [-0.4, -0.2) is 124 Å². The van der Waals surface area contributed by atoms with E-state index in [2.05, 4.69) is 62.2 Å². The minimum absolute atomic E-state index is 0.00355. The third kappa shape index (κ3) is 13.2. The number of methoxy groups -OCH3 is 1. The number of anilines is 4. The first-order valence-electron chi connectivity index (χ1n) is 20.2. The number of nitrogens with one attached hydrogen (secondary N) is 8. The normalized spacial score (nSPS) is 10.7. The van der Waals surface area contributed by atoms with Gasteiger partial charge in [-0.3, -0.25) is 43.2 Å². The number of carbonyl (C=O) groups is 9. The van der Waals surface area contributed by atoms with E-state index in [1.54, 1.807) is 52.2 Å². The van der Waals surface area contributed by atoms with Crippen molar-refractivity contribution in [3.05, 3.63) is 78.2 Å². The first-order valence-corrected chi connectivity index (χ1v) is 20.2. The Kier molecular flexibility index (Phi) is 16.3. The molecule has 350 valence electrons. The number of rotatable bonds is 21. The molecule has 0 bridgehead atoms. The smallest absolute Gasteiger partial charge is 0.307 e. The van der Waals surface area contributed by atoms with Crippen LogP contribution < -0.4 is 42.5 Å². The van der Waals surface area contributed by atoms with Crippen LogP contribution in [0.25, 0.3) is 0 Å². The van der Waals surface area contributed by atoms with Gasteiger partial charge in [0.2, 0.25) is 29.4 Å². The Morgan fingerprint density at radius 1 is 0.485 bits per heavy atom. The fraction of sp³-hybridized carbons (Fsp3) is 0.350. The standard InChI is InChI=1S/C40H50N16O10/c1-52-16-15-42-33(52)39(64)46-23-17-25(53(2)19-23)36(61)43-13-9-31(59)49-28-22-56(5)35(51-28)40(65)47-24-18-26(54(3)20-24)37(62)44-12-8-30(58)48-27-21-55(4)34(50-27)38(63)45-11-7-29(57)41-14-10-32(60)66-6/h15-22H,7-14H2,1-6H3,(H,41,57)(H,43,61)(H,44,62)(H,45,63)(H,46,64)(H,47,65)(H,48,58)(H,49,59). The molecular formula is C40H50N16O10. The summed E-state index contributed by atoms with van der Waals surface area (Å²) in [7, 11) is 9.26. The van der Waals surface area contributed by atoms with Gasteiger partial charge in [0, 0.05) is 118 Å². The molecule has 0 aromatic carbocycles. The molecule has 5 aromatic rings. The van der Waals surface area contributed by atoms with Gasteiger partial charge < -0.3 is 70.1 Å². The second kappa shape index (κ2) is 22.2. The van der Waals surface area contributed by atoms with Crippen LogP contribution in [0.2, 0.25) is 0 Å². The summed E-state index contributed by atoms with van der Waals surface area (Å²) in [6.07, 6.45) is 8.80. The van der Waals surface area contributed by atoms with Crippen LogP contribution in [0.5, 0.6) is 0 Å². The summed E-state index contributed by atoms with van der Waals surface area (Å²) in [6, 6.07) is 2.93. The molecule has 5 aromatic heterocycles. The van der Waals surface area contributed by atoms with E-state index in [-0.39, 0.29) is 104 Å². The van der Waals surface area contributed by atoms with Crippen LogP contribution in [0, 0.1) is 0 Å². The molecule has 0 aliphatic carbocycles. The molecule has 66 heavy (non-hydrogen) atoms. The maximum atomic E-state index is 13.2. The van der Waals surface area contributed by atoms with E-state index in [0.29, 0.717) is 5.69 Å². The lowest BCUT2D eigenvalue weighted by Crippen LogP contribution is -2.32. The molecule has 5 rings (SSSR count). The fourth-order valence-electron chi connectivity index (χ4n) is 6.18. The Bertz CT molecular complexity index is 2650. The number of hydrogen-bond acceptors (Lipinski definition) is 13. The quantitative estimate of drug-likeness (QED) is 0.0427. The van der Waals surface area contributed by atoms with Crippen LogP contribution in [0.3, 0.4) is 0 Å². The van der Waals surface area contributed by atoms with E-state index in [4.69, 9.17) is 0 Å². The molecule has 0 aliphatic rings. The molecule has 8 amide bonds. The zero-order valence-corrected chi connectivity index (χ0v) is 36.9. The number of esters is 1. The first-order chi connectivity index (χ1) is 31.4. The number of carbonyl (C=O) groups excluding carboxylic acids is 9. The van der Waals surface area contributed by atoms with Crippen molar-refractivity contribution >= 4 is 76.2 Å². The number of hydrogen-bond donors (Lipinski definition) is 8. The van der Waals surface area contributed by atoms with Crippen LogP contribution in [-0.2, 0) is 59.2 Å². The highest BCUT2D eigenvalue weighted by atomic mass is 16.5. The minimum Gasteiger partial charge on any atom is -0.469 e. The molecule has 0 radical (unpaired) electrons. The molecule has 0 saturated carbocycles. The molecule has 26 heteroatoms. The number of amides is 8. The summed E-state index contributed by atoms with van der Waals surface area (Å²) in [5, 5.41) is 20.9. The summed E-state index contributed by atoms with van der Waals surface area (Å²) < 4.78 is 11.9. The summed E-state index contributed by atoms with van der Waals surface area (Å²) in [4.78, 5) is 125. The molecule has 0 fully saturated rings. The number of nitrogens with zero attached hydrogens (tertiary/aromatic N) is 8. The van der Waals surface area contributed by atoms with Crippen molar-refractivity contribution < 1.29 is 47.9 Å². The van der Waals surface area contributed by atoms with Crippen molar-refractivity contribution in [2.24, 2.45) is 35.2 Å². The maximum Gasteiger partial charge on any atom is 0.307 e. The summed E-state index contributed by atoms with van der Waals surface area (Å²) in [5.74, 6) is -4.16. The summed E-state index contributed by atoms with van der Waals surface area (Å²) in [5.41, 5.74) is 1.07. The Balaban J connectivity index is 1.01. The predicted octanol–water partition coefficient (Wildman–Crippen LogP) is -0.615. The average molecular weight is 915 g/mol. The molecule has 5 heterocycles.